The van der Waals surface area contributed by atoms with E-state index in [0.717, 1.165) is 12.0 Å². The van der Waals surface area contributed by atoms with Gasteiger partial charge in [-0.25, -0.2) is 0 Å². The first-order valence-electron chi connectivity index (χ1n) is 6.57. The quantitative estimate of drug-likeness (QED) is 0.764. The molecule has 1 atom stereocenters. The van der Waals surface area contributed by atoms with Gasteiger partial charge in [-0.1, -0.05) is 20.8 Å². The zero-order chi connectivity index (χ0) is 10.9. The highest BCUT2D eigenvalue weighted by Crippen LogP contribution is 2.51. The van der Waals surface area contributed by atoms with Crippen molar-refractivity contribution in [1.29, 1.82) is 0 Å². The van der Waals surface area contributed by atoms with E-state index in [-0.39, 0.29) is 0 Å². The second kappa shape index (κ2) is 4.42. The summed E-state index contributed by atoms with van der Waals surface area (Å²) in [7, 11) is 0. The van der Waals surface area contributed by atoms with Crippen molar-refractivity contribution >= 4 is 0 Å². The van der Waals surface area contributed by atoms with Gasteiger partial charge in [-0.05, 0) is 56.8 Å². The Balaban J connectivity index is 1.61. The van der Waals surface area contributed by atoms with E-state index in [2.05, 4.69) is 31.0 Å². The summed E-state index contributed by atoms with van der Waals surface area (Å²) in [6.07, 6.45) is 4.12. The normalized spacial score (nSPS) is 31.8. The Labute approximate surface area is 94.4 Å². The van der Waals surface area contributed by atoms with Crippen LogP contribution in [0.15, 0.2) is 0 Å². The average Bonchev–Trinajstić information content (AvgIpc) is 2.84. The third-order valence-electron chi connectivity index (χ3n) is 4.41. The van der Waals surface area contributed by atoms with Crippen LogP contribution >= 0.6 is 0 Å². The Hall–Kier alpha value is -0.0800. The van der Waals surface area contributed by atoms with Gasteiger partial charge in [0.25, 0.3) is 0 Å². The Morgan fingerprint density at radius 3 is 2.33 bits per heavy atom. The fraction of sp³-hybridized carbons (Fsp3) is 1.00. The molecule has 2 fully saturated rings. The first-order valence-corrected chi connectivity index (χ1v) is 6.57. The van der Waals surface area contributed by atoms with E-state index in [4.69, 9.17) is 0 Å². The van der Waals surface area contributed by atoms with Crippen molar-refractivity contribution in [1.82, 2.24) is 10.2 Å². The van der Waals surface area contributed by atoms with Crippen molar-refractivity contribution in [3.05, 3.63) is 0 Å². The van der Waals surface area contributed by atoms with Crippen LogP contribution in [0.5, 0.6) is 0 Å². The maximum atomic E-state index is 3.76. The molecule has 88 valence electrons. The summed E-state index contributed by atoms with van der Waals surface area (Å²) >= 11 is 0. The summed E-state index contributed by atoms with van der Waals surface area (Å²) in [5, 5.41) is 3.76. The van der Waals surface area contributed by atoms with Gasteiger partial charge in [0.15, 0.2) is 0 Å². The van der Waals surface area contributed by atoms with Gasteiger partial charge in [-0.2, -0.15) is 0 Å². The minimum Gasteiger partial charge on any atom is -0.314 e. The van der Waals surface area contributed by atoms with E-state index < -0.39 is 0 Å². The van der Waals surface area contributed by atoms with Crippen molar-refractivity contribution < 1.29 is 0 Å². The Morgan fingerprint density at radius 1 is 1.27 bits per heavy atom. The third kappa shape index (κ3) is 2.94. The fourth-order valence-corrected chi connectivity index (χ4v) is 2.69. The van der Waals surface area contributed by atoms with Crippen molar-refractivity contribution in [2.45, 2.75) is 46.1 Å². The van der Waals surface area contributed by atoms with E-state index in [1.54, 1.807) is 0 Å². The predicted molar refractivity (Wildman–Crippen MR) is 65.0 cm³/mol. The molecule has 2 rings (SSSR count). The lowest BCUT2D eigenvalue weighted by Crippen LogP contribution is -2.43. The Bertz CT molecular complexity index is 205. The van der Waals surface area contributed by atoms with Gasteiger partial charge < -0.3 is 10.2 Å². The van der Waals surface area contributed by atoms with Crippen LogP contribution < -0.4 is 5.32 Å². The molecule has 2 nitrogen and oxygen atoms in total. The molecule has 1 aliphatic heterocycles. The van der Waals surface area contributed by atoms with Crippen molar-refractivity contribution in [3.63, 3.8) is 0 Å². The zero-order valence-corrected chi connectivity index (χ0v) is 10.6. The SMILES string of the molecule is CCN1CCC(NCC2CC2(C)C)CC1. The number of hydrogen-bond donors (Lipinski definition) is 1. The minimum absolute atomic E-state index is 0.636. The molecule has 1 unspecified atom stereocenters. The van der Waals surface area contributed by atoms with Gasteiger partial charge in [0.05, 0.1) is 0 Å². The Kier molecular flexibility index (Phi) is 3.36. The van der Waals surface area contributed by atoms with Gasteiger partial charge in [0, 0.05) is 6.04 Å². The molecule has 1 N–H and O–H groups in total. The summed E-state index contributed by atoms with van der Waals surface area (Å²) < 4.78 is 0. The maximum Gasteiger partial charge on any atom is 0.00915 e. The average molecular weight is 210 g/mol. The molecule has 0 aromatic carbocycles. The number of hydrogen-bond acceptors (Lipinski definition) is 2. The zero-order valence-electron chi connectivity index (χ0n) is 10.6. The standard InChI is InChI=1S/C13H26N2/c1-4-15-7-5-12(6-8-15)14-10-11-9-13(11,2)3/h11-12,14H,4-10H2,1-3H3. The number of nitrogens with one attached hydrogen (secondary N) is 1. The maximum absolute atomic E-state index is 3.76. The summed E-state index contributed by atoms with van der Waals surface area (Å²) in [5.74, 6) is 0.946. The molecular formula is C13H26N2. The van der Waals surface area contributed by atoms with Crippen molar-refractivity contribution in [2.24, 2.45) is 11.3 Å². The lowest BCUT2D eigenvalue weighted by atomic mass is 10.0. The van der Waals surface area contributed by atoms with E-state index >= 15 is 0 Å². The molecule has 0 radical (unpaired) electrons. The number of piperidine rings is 1. The molecule has 15 heavy (non-hydrogen) atoms. The summed E-state index contributed by atoms with van der Waals surface area (Å²) in [5.41, 5.74) is 0.636. The first-order chi connectivity index (χ1) is 7.12. The highest BCUT2D eigenvalue weighted by molar-refractivity contribution is 4.96. The molecule has 0 bridgehead atoms. The van der Waals surface area contributed by atoms with Crippen LogP contribution in [-0.2, 0) is 0 Å². The van der Waals surface area contributed by atoms with Crippen LogP contribution in [0.4, 0.5) is 0 Å². The highest BCUT2D eigenvalue weighted by atomic mass is 15.1. The van der Waals surface area contributed by atoms with Crippen LogP contribution in [0.3, 0.4) is 0 Å². The van der Waals surface area contributed by atoms with Crippen LogP contribution in [0.2, 0.25) is 0 Å². The topological polar surface area (TPSA) is 15.3 Å². The number of rotatable bonds is 4. The van der Waals surface area contributed by atoms with Gasteiger partial charge >= 0.3 is 0 Å². The van der Waals surface area contributed by atoms with Crippen LogP contribution in [0.25, 0.3) is 0 Å². The van der Waals surface area contributed by atoms with Gasteiger partial charge in [0.1, 0.15) is 0 Å². The molecule has 2 heteroatoms. The molecule has 2 aliphatic rings. The second-order valence-corrected chi connectivity index (χ2v) is 6.01. The molecular weight excluding hydrogens is 184 g/mol. The van der Waals surface area contributed by atoms with Crippen LogP contribution in [0.1, 0.15) is 40.0 Å². The summed E-state index contributed by atoms with van der Waals surface area (Å²) in [4.78, 5) is 2.55. The van der Waals surface area contributed by atoms with Gasteiger partial charge in [-0.15, -0.1) is 0 Å². The van der Waals surface area contributed by atoms with Gasteiger partial charge in [-0.3, -0.25) is 0 Å². The predicted octanol–water partition coefficient (Wildman–Crippen LogP) is 2.11. The van der Waals surface area contributed by atoms with E-state index in [9.17, 15) is 0 Å². The smallest absolute Gasteiger partial charge is 0.00915 e. The molecule has 0 aromatic rings. The molecule has 1 saturated heterocycles. The molecule has 1 heterocycles. The van der Waals surface area contributed by atoms with Gasteiger partial charge in [0.2, 0.25) is 0 Å². The van der Waals surface area contributed by atoms with Crippen LogP contribution in [-0.4, -0.2) is 37.1 Å². The highest BCUT2D eigenvalue weighted by Gasteiger charge is 2.45. The molecule has 0 amide bonds. The fourth-order valence-electron chi connectivity index (χ4n) is 2.69. The van der Waals surface area contributed by atoms with Crippen molar-refractivity contribution in [2.75, 3.05) is 26.2 Å². The lowest BCUT2D eigenvalue weighted by Gasteiger charge is -2.31. The molecule has 1 aliphatic carbocycles. The molecule has 0 spiro atoms. The third-order valence-corrected chi connectivity index (χ3v) is 4.41. The monoisotopic (exact) mass is 210 g/mol. The molecule has 0 aromatic heterocycles. The van der Waals surface area contributed by atoms with Crippen molar-refractivity contribution in [3.8, 4) is 0 Å². The largest absolute Gasteiger partial charge is 0.314 e. The van der Waals surface area contributed by atoms with E-state index in [1.807, 2.05) is 0 Å². The summed E-state index contributed by atoms with van der Waals surface area (Å²) in [6, 6.07) is 0.796. The van der Waals surface area contributed by atoms with E-state index in [1.165, 1.54) is 45.4 Å². The molecule has 1 saturated carbocycles. The second-order valence-electron chi connectivity index (χ2n) is 6.01. The summed E-state index contributed by atoms with van der Waals surface area (Å²) in [6.45, 7) is 12.1. The lowest BCUT2D eigenvalue weighted by molar-refractivity contribution is 0.205. The number of likely N-dealkylation sites (tertiary alicyclic amines) is 1. The first kappa shape index (κ1) is 11.4. The number of nitrogens with zero attached hydrogens (tertiary/aromatic N) is 1. The van der Waals surface area contributed by atoms with Crippen LogP contribution in [0, 0.1) is 11.3 Å². The minimum atomic E-state index is 0.636. The Morgan fingerprint density at radius 2 is 1.87 bits per heavy atom. The van der Waals surface area contributed by atoms with E-state index in [0.29, 0.717) is 5.41 Å².